The summed E-state index contributed by atoms with van der Waals surface area (Å²) in [4.78, 5) is 24.1. The topological polar surface area (TPSA) is 98.8 Å². The molecule has 9 heteroatoms. The normalized spacial score (nSPS) is 12.5. The van der Waals surface area contributed by atoms with E-state index >= 15 is 0 Å². The van der Waals surface area contributed by atoms with Gasteiger partial charge < -0.3 is 9.47 Å². The van der Waals surface area contributed by atoms with E-state index in [-0.39, 0.29) is 20.2 Å². The molecule has 0 saturated heterocycles. The van der Waals surface area contributed by atoms with Crippen molar-refractivity contribution >= 4 is 33.3 Å². The summed E-state index contributed by atoms with van der Waals surface area (Å²) in [7, 11) is -1.75. The number of rotatable bonds is 6. The van der Waals surface area contributed by atoms with Crippen LogP contribution in [0.25, 0.3) is 0 Å². The van der Waals surface area contributed by atoms with Crippen LogP contribution >= 0.6 is 11.3 Å². The molecule has 0 aliphatic heterocycles. The average Bonchev–Trinajstić information content (AvgIpc) is 2.99. The van der Waals surface area contributed by atoms with E-state index < -0.39 is 28.0 Å². The van der Waals surface area contributed by atoms with Crippen LogP contribution in [0.15, 0.2) is 34.5 Å². The maximum absolute atomic E-state index is 12.9. The predicted octanol–water partition coefficient (Wildman–Crippen LogP) is 2.67. The predicted molar refractivity (Wildman–Crippen MR) is 96.9 cm³/mol. The van der Waals surface area contributed by atoms with Crippen molar-refractivity contribution in [2.24, 2.45) is 0 Å². The van der Waals surface area contributed by atoms with Gasteiger partial charge in [-0.2, -0.15) is 0 Å². The Morgan fingerprint density at radius 1 is 1.08 bits per heavy atom. The number of methoxy groups -OCH3 is 2. The first-order valence-corrected chi connectivity index (χ1v) is 9.90. The lowest BCUT2D eigenvalue weighted by Crippen LogP contribution is -2.27. The van der Waals surface area contributed by atoms with Gasteiger partial charge >= 0.3 is 11.9 Å². The first-order valence-electron chi connectivity index (χ1n) is 7.60. The standard InChI is InChI=1S/C17H19NO6S2/c1-10-13(15(19)23-3)17(25-14(10)16(20)24-4)26(21,22)18-11(2)12-8-6-5-7-9-12/h5-9,11,18H,1-4H3/t11-/m1/s1. The molecular weight excluding hydrogens is 378 g/mol. The smallest absolute Gasteiger partial charge is 0.348 e. The number of hydrogen-bond acceptors (Lipinski definition) is 7. The van der Waals surface area contributed by atoms with Gasteiger partial charge in [0.25, 0.3) is 10.0 Å². The third-order valence-electron chi connectivity index (χ3n) is 3.75. The third kappa shape index (κ3) is 3.95. The van der Waals surface area contributed by atoms with Gasteiger partial charge in [0.1, 0.15) is 4.88 Å². The largest absolute Gasteiger partial charge is 0.465 e. The van der Waals surface area contributed by atoms with E-state index in [1.165, 1.54) is 14.0 Å². The summed E-state index contributed by atoms with van der Waals surface area (Å²) in [6, 6.07) is 8.46. The lowest BCUT2D eigenvalue weighted by atomic mass is 10.1. The van der Waals surface area contributed by atoms with Crippen molar-refractivity contribution < 1.29 is 27.5 Å². The Morgan fingerprint density at radius 2 is 1.65 bits per heavy atom. The maximum Gasteiger partial charge on any atom is 0.348 e. The highest BCUT2D eigenvalue weighted by atomic mass is 32.2. The summed E-state index contributed by atoms with van der Waals surface area (Å²) in [5.74, 6) is -1.54. The lowest BCUT2D eigenvalue weighted by Gasteiger charge is -2.14. The molecule has 0 amide bonds. The van der Waals surface area contributed by atoms with E-state index in [9.17, 15) is 18.0 Å². The van der Waals surface area contributed by atoms with Gasteiger partial charge in [0.15, 0.2) is 4.21 Å². The van der Waals surface area contributed by atoms with Crippen molar-refractivity contribution in [2.45, 2.75) is 24.1 Å². The van der Waals surface area contributed by atoms with Gasteiger partial charge in [-0.1, -0.05) is 30.3 Å². The van der Waals surface area contributed by atoms with Crippen LogP contribution in [0.1, 0.15) is 44.1 Å². The van der Waals surface area contributed by atoms with Crippen molar-refractivity contribution in [3.63, 3.8) is 0 Å². The number of carbonyl (C=O) groups excluding carboxylic acids is 2. The monoisotopic (exact) mass is 397 g/mol. The summed E-state index contributed by atoms with van der Waals surface area (Å²) in [6.45, 7) is 3.17. The molecule has 1 aromatic carbocycles. The molecule has 1 aromatic heterocycles. The Bertz CT molecular complexity index is 918. The van der Waals surface area contributed by atoms with Crippen LogP contribution in [0.2, 0.25) is 0 Å². The second kappa shape index (κ2) is 7.98. The van der Waals surface area contributed by atoms with Gasteiger partial charge in [-0.05, 0) is 25.0 Å². The molecule has 0 unspecified atom stereocenters. The fourth-order valence-corrected chi connectivity index (χ4v) is 5.39. The summed E-state index contributed by atoms with van der Waals surface area (Å²) in [5, 5.41) is 0. The molecule has 1 N–H and O–H groups in total. The minimum atomic E-state index is -4.08. The zero-order chi connectivity index (χ0) is 19.5. The highest BCUT2D eigenvalue weighted by molar-refractivity contribution is 7.91. The second-order valence-electron chi connectivity index (χ2n) is 5.46. The Kier molecular flexibility index (Phi) is 6.17. The summed E-state index contributed by atoms with van der Waals surface area (Å²) in [6.07, 6.45) is 0. The Morgan fingerprint density at radius 3 is 2.19 bits per heavy atom. The molecule has 1 heterocycles. The zero-order valence-electron chi connectivity index (χ0n) is 14.7. The van der Waals surface area contributed by atoms with Crippen molar-refractivity contribution in [1.29, 1.82) is 0 Å². The molecule has 0 spiro atoms. The molecule has 0 fully saturated rings. The van der Waals surface area contributed by atoms with Crippen molar-refractivity contribution in [1.82, 2.24) is 4.72 Å². The van der Waals surface area contributed by atoms with Crippen LogP contribution in [0, 0.1) is 6.92 Å². The van der Waals surface area contributed by atoms with E-state index in [1.807, 2.05) is 6.07 Å². The first-order chi connectivity index (χ1) is 12.2. The zero-order valence-corrected chi connectivity index (χ0v) is 16.4. The van der Waals surface area contributed by atoms with Gasteiger partial charge in [0.05, 0.1) is 19.8 Å². The fourth-order valence-electron chi connectivity index (χ4n) is 2.40. The molecule has 2 rings (SSSR count). The third-order valence-corrected chi connectivity index (χ3v) is 7.08. The number of ether oxygens (including phenoxy) is 2. The number of hydrogen-bond donors (Lipinski definition) is 1. The molecule has 0 aliphatic carbocycles. The van der Waals surface area contributed by atoms with E-state index in [0.29, 0.717) is 11.3 Å². The lowest BCUT2D eigenvalue weighted by molar-refractivity contribution is 0.0596. The molecule has 140 valence electrons. The van der Waals surface area contributed by atoms with E-state index in [4.69, 9.17) is 4.74 Å². The maximum atomic E-state index is 12.9. The van der Waals surface area contributed by atoms with Crippen LogP contribution in [0.3, 0.4) is 0 Å². The number of benzene rings is 1. The van der Waals surface area contributed by atoms with Crippen LogP contribution in [-0.2, 0) is 19.5 Å². The molecule has 0 bridgehead atoms. The van der Waals surface area contributed by atoms with E-state index in [1.54, 1.807) is 31.2 Å². The first kappa shape index (κ1) is 20.1. The van der Waals surface area contributed by atoms with E-state index in [2.05, 4.69) is 9.46 Å². The second-order valence-corrected chi connectivity index (χ2v) is 8.39. The van der Waals surface area contributed by atoms with Crippen LogP contribution < -0.4 is 4.72 Å². The van der Waals surface area contributed by atoms with Crippen molar-refractivity contribution in [3.8, 4) is 0 Å². The highest BCUT2D eigenvalue weighted by Gasteiger charge is 2.33. The molecule has 0 aliphatic rings. The number of thiophene rings is 1. The minimum absolute atomic E-state index is 0.0423. The minimum Gasteiger partial charge on any atom is -0.465 e. The van der Waals surface area contributed by atoms with Gasteiger partial charge in [0.2, 0.25) is 0 Å². The highest BCUT2D eigenvalue weighted by Crippen LogP contribution is 2.33. The molecule has 0 saturated carbocycles. The summed E-state index contributed by atoms with van der Waals surface area (Å²) < 4.78 is 37.4. The Balaban J connectivity index is 2.51. The Hall–Kier alpha value is -2.23. The van der Waals surface area contributed by atoms with Gasteiger partial charge in [-0.25, -0.2) is 22.7 Å². The molecule has 1 atom stereocenters. The van der Waals surface area contributed by atoms with Crippen molar-refractivity contribution in [3.05, 3.63) is 51.9 Å². The molecule has 26 heavy (non-hydrogen) atoms. The average molecular weight is 397 g/mol. The molecule has 2 aromatic rings. The van der Waals surface area contributed by atoms with Crippen LogP contribution in [-0.4, -0.2) is 34.6 Å². The van der Waals surface area contributed by atoms with Gasteiger partial charge in [-0.15, -0.1) is 11.3 Å². The quantitative estimate of drug-likeness (QED) is 0.753. The van der Waals surface area contributed by atoms with Crippen molar-refractivity contribution in [2.75, 3.05) is 14.2 Å². The number of nitrogens with one attached hydrogen (secondary N) is 1. The number of esters is 2. The summed E-state index contributed by atoms with van der Waals surface area (Å²) in [5.41, 5.74) is 0.810. The summed E-state index contributed by atoms with van der Waals surface area (Å²) >= 11 is 0.681. The fraction of sp³-hybridized carbons (Fsp3) is 0.294. The van der Waals surface area contributed by atoms with Gasteiger partial charge in [0, 0.05) is 6.04 Å². The van der Waals surface area contributed by atoms with E-state index in [0.717, 1.165) is 12.7 Å². The number of sulfonamides is 1. The van der Waals surface area contributed by atoms with Crippen LogP contribution in [0.5, 0.6) is 0 Å². The molecule has 7 nitrogen and oxygen atoms in total. The SMILES string of the molecule is COC(=O)c1sc(S(=O)(=O)N[C@H](C)c2ccccc2)c(C(=O)OC)c1C. The van der Waals surface area contributed by atoms with Crippen LogP contribution in [0.4, 0.5) is 0 Å². The Labute approximate surface area is 156 Å². The molecular formula is C17H19NO6S2. The molecule has 0 radical (unpaired) electrons. The van der Waals surface area contributed by atoms with Gasteiger partial charge in [-0.3, -0.25) is 0 Å². The number of carbonyl (C=O) groups is 2.